The summed E-state index contributed by atoms with van der Waals surface area (Å²) < 4.78 is 5.18. The molecule has 0 amide bonds. The fourth-order valence-corrected chi connectivity index (χ4v) is 1.89. The standard InChI is InChI=1S/C9H10O2.C7H6O/c1-2-7-5-3-4-6-8(7)9(10)11;1-3-7-4-2-6(1)5-8-7/h3-6H,2H2,1H3,(H,10,11);1-4H,5H2. The van der Waals surface area contributed by atoms with Crippen LogP contribution in [-0.2, 0) is 13.0 Å². The Bertz CT molecular complexity index is 535. The van der Waals surface area contributed by atoms with Gasteiger partial charge in [0.2, 0.25) is 0 Å². The van der Waals surface area contributed by atoms with Crippen LogP contribution >= 0.6 is 0 Å². The fraction of sp³-hybridized carbons (Fsp3) is 0.188. The minimum Gasteiger partial charge on any atom is -0.489 e. The second-order valence-electron chi connectivity index (χ2n) is 4.25. The Kier molecular flexibility index (Phi) is 4.18. The molecule has 0 saturated carbocycles. The first-order valence-electron chi connectivity index (χ1n) is 6.23. The summed E-state index contributed by atoms with van der Waals surface area (Å²) in [6.07, 6.45) is 0.766. The van der Waals surface area contributed by atoms with Gasteiger partial charge in [0.1, 0.15) is 12.4 Å². The molecule has 1 N–H and O–H groups in total. The largest absolute Gasteiger partial charge is 0.489 e. The van der Waals surface area contributed by atoms with E-state index in [9.17, 15) is 4.79 Å². The van der Waals surface area contributed by atoms with Crippen LogP contribution in [0.25, 0.3) is 0 Å². The van der Waals surface area contributed by atoms with Crippen molar-refractivity contribution in [3.05, 3.63) is 65.2 Å². The topological polar surface area (TPSA) is 46.5 Å². The number of carboxylic acids is 1. The van der Waals surface area contributed by atoms with Gasteiger partial charge in [-0.25, -0.2) is 4.79 Å². The van der Waals surface area contributed by atoms with E-state index in [0.29, 0.717) is 5.56 Å². The first-order chi connectivity index (χ1) is 9.20. The van der Waals surface area contributed by atoms with Crippen molar-refractivity contribution in [1.82, 2.24) is 0 Å². The number of fused-ring (bicyclic) bond motifs is 3. The third-order valence-electron chi connectivity index (χ3n) is 2.96. The average molecular weight is 256 g/mol. The van der Waals surface area contributed by atoms with Crippen LogP contribution in [0.3, 0.4) is 0 Å². The first-order valence-corrected chi connectivity index (χ1v) is 6.23. The maximum atomic E-state index is 10.6. The molecule has 19 heavy (non-hydrogen) atoms. The Hall–Kier alpha value is -2.29. The molecule has 0 aromatic heterocycles. The van der Waals surface area contributed by atoms with E-state index in [2.05, 4.69) is 12.1 Å². The zero-order valence-electron chi connectivity index (χ0n) is 10.8. The Labute approximate surface area is 112 Å². The van der Waals surface area contributed by atoms with Gasteiger partial charge in [-0.05, 0) is 35.7 Å². The third kappa shape index (κ3) is 3.35. The van der Waals surface area contributed by atoms with E-state index in [0.717, 1.165) is 24.3 Å². The van der Waals surface area contributed by atoms with Gasteiger partial charge in [0.15, 0.2) is 0 Å². The summed E-state index contributed by atoms with van der Waals surface area (Å²) in [6, 6.07) is 15.2. The molecular weight excluding hydrogens is 240 g/mol. The molecule has 2 aromatic carbocycles. The molecule has 2 aliphatic heterocycles. The monoisotopic (exact) mass is 256 g/mol. The molecule has 0 radical (unpaired) electrons. The van der Waals surface area contributed by atoms with Crippen LogP contribution in [0.1, 0.15) is 28.4 Å². The Morgan fingerprint density at radius 1 is 1.16 bits per heavy atom. The summed E-state index contributed by atoms with van der Waals surface area (Å²) in [5.41, 5.74) is 2.56. The lowest BCUT2D eigenvalue weighted by Gasteiger charge is -2.11. The summed E-state index contributed by atoms with van der Waals surface area (Å²) in [7, 11) is 0. The summed E-state index contributed by atoms with van der Waals surface area (Å²) in [4.78, 5) is 10.6. The molecule has 2 aromatic rings. The smallest absolute Gasteiger partial charge is 0.335 e. The molecular formula is C16H16O3. The predicted octanol–water partition coefficient (Wildman–Crippen LogP) is 3.53. The SMILES string of the molecule is CCc1ccccc1C(=O)O.c1cc2ccc1CO2. The minimum absolute atomic E-state index is 0.412. The number of carbonyl (C=O) groups is 1. The maximum Gasteiger partial charge on any atom is 0.335 e. The van der Waals surface area contributed by atoms with Crippen molar-refractivity contribution in [1.29, 1.82) is 0 Å². The first kappa shape index (κ1) is 13.1. The number of hydrogen-bond donors (Lipinski definition) is 1. The van der Waals surface area contributed by atoms with Gasteiger partial charge >= 0.3 is 5.97 Å². The highest BCUT2D eigenvalue weighted by Gasteiger charge is 2.05. The van der Waals surface area contributed by atoms with Crippen LogP contribution in [-0.4, -0.2) is 11.1 Å². The van der Waals surface area contributed by atoms with Gasteiger partial charge in [-0.1, -0.05) is 37.3 Å². The highest BCUT2D eigenvalue weighted by atomic mass is 16.5. The fourth-order valence-electron chi connectivity index (χ4n) is 1.89. The lowest BCUT2D eigenvalue weighted by Crippen LogP contribution is -2.00. The highest BCUT2D eigenvalue weighted by molar-refractivity contribution is 5.89. The van der Waals surface area contributed by atoms with E-state index in [1.54, 1.807) is 12.1 Å². The number of aryl methyl sites for hydroxylation is 1. The second kappa shape index (κ2) is 6.05. The van der Waals surface area contributed by atoms with Crippen molar-refractivity contribution < 1.29 is 14.6 Å². The lowest BCUT2D eigenvalue weighted by atomic mass is 10.1. The number of benzene rings is 2. The van der Waals surface area contributed by atoms with E-state index in [4.69, 9.17) is 9.84 Å². The van der Waals surface area contributed by atoms with Crippen molar-refractivity contribution in [2.24, 2.45) is 0 Å². The van der Waals surface area contributed by atoms with Gasteiger partial charge in [0, 0.05) is 0 Å². The van der Waals surface area contributed by atoms with Crippen LogP contribution in [0, 0.1) is 0 Å². The van der Waals surface area contributed by atoms with E-state index in [1.807, 2.05) is 31.2 Å². The van der Waals surface area contributed by atoms with E-state index in [1.165, 1.54) is 5.56 Å². The van der Waals surface area contributed by atoms with Crippen molar-refractivity contribution in [2.45, 2.75) is 20.0 Å². The van der Waals surface area contributed by atoms with Gasteiger partial charge in [-0.3, -0.25) is 0 Å². The van der Waals surface area contributed by atoms with Crippen molar-refractivity contribution in [2.75, 3.05) is 0 Å². The maximum absolute atomic E-state index is 10.6. The molecule has 98 valence electrons. The lowest BCUT2D eigenvalue weighted by molar-refractivity contribution is 0.0695. The molecule has 2 bridgehead atoms. The van der Waals surface area contributed by atoms with Crippen LogP contribution in [0.2, 0.25) is 0 Å². The minimum atomic E-state index is -0.845. The number of ether oxygens (including phenoxy) is 1. The molecule has 0 spiro atoms. The van der Waals surface area contributed by atoms with Gasteiger partial charge < -0.3 is 9.84 Å². The summed E-state index contributed by atoms with van der Waals surface area (Å²) in [5, 5.41) is 8.70. The summed E-state index contributed by atoms with van der Waals surface area (Å²) >= 11 is 0. The molecule has 0 fully saturated rings. The summed E-state index contributed by atoms with van der Waals surface area (Å²) in [6.45, 7) is 2.71. The third-order valence-corrected chi connectivity index (χ3v) is 2.96. The number of hydrogen-bond acceptors (Lipinski definition) is 2. The van der Waals surface area contributed by atoms with Gasteiger partial charge in [0.25, 0.3) is 0 Å². The van der Waals surface area contributed by atoms with Crippen LogP contribution in [0.5, 0.6) is 5.75 Å². The van der Waals surface area contributed by atoms with Crippen molar-refractivity contribution in [3.8, 4) is 5.75 Å². The zero-order chi connectivity index (χ0) is 13.7. The normalized spacial score (nSPS) is 11.2. The van der Waals surface area contributed by atoms with Crippen LogP contribution in [0.15, 0.2) is 48.5 Å². The van der Waals surface area contributed by atoms with Crippen LogP contribution in [0.4, 0.5) is 0 Å². The number of aromatic carboxylic acids is 1. The molecule has 3 heteroatoms. The summed E-state index contributed by atoms with van der Waals surface area (Å²) in [5.74, 6) is 0.141. The second-order valence-corrected chi connectivity index (χ2v) is 4.25. The number of rotatable bonds is 2. The van der Waals surface area contributed by atoms with E-state index >= 15 is 0 Å². The molecule has 0 unspecified atom stereocenters. The van der Waals surface area contributed by atoms with E-state index in [-0.39, 0.29) is 0 Å². The van der Waals surface area contributed by atoms with Crippen molar-refractivity contribution >= 4 is 5.97 Å². The van der Waals surface area contributed by atoms with Gasteiger partial charge in [-0.2, -0.15) is 0 Å². The molecule has 0 saturated heterocycles. The molecule has 3 nitrogen and oxygen atoms in total. The predicted molar refractivity (Wildman–Crippen MR) is 73.6 cm³/mol. The number of carboxylic acid groups (broad SMARTS) is 1. The highest BCUT2D eigenvalue weighted by Crippen LogP contribution is 2.19. The molecule has 4 rings (SSSR count). The zero-order valence-corrected chi connectivity index (χ0v) is 10.8. The average Bonchev–Trinajstić information content (AvgIpc) is 2.50. The molecule has 0 aliphatic carbocycles. The Balaban J connectivity index is 0.000000146. The Morgan fingerprint density at radius 3 is 2.16 bits per heavy atom. The van der Waals surface area contributed by atoms with E-state index < -0.39 is 5.97 Å². The van der Waals surface area contributed by atoms with Crippen LogP contribution < -0.4 is 4.74 Å². The van der Waals surface area contributed by atoms with Gasteiger partial charge in [0.05, 0.1) is 5.56 Å². The molecule has 2 heterocycles. The van der Waals surface area contributed by atoms with Gasteiger partial charge in [-0.15, -0.1) is 0 Å². The molecule has 0 atom stereocenters. The Morgan fingerprint density at radius 2 is 1.84 bits per heavy atom. The molecule has 2 aliphatic rings. The quantitative estimate of drug-likeness (QED) is 0.894. The van der Waals surface area contributed by atoms with Crippen molar-refractivity contribution in [3.63, 3.8) is 0 Å².